The van der Waals surface area contributed by atoms with Crippen LogP contribution in [0.5, 0.6) is 17.2 Å². The summed E-state index contributed by atoms with van der Waals surface area (Å²) in [7, 11) is 1.53. The predicted octanol–water partition coefficient (Wildman–Crippen LogP) is 5.13. The molecule has 0 saturated heterocycles. The molecule has 0 radical (unpaired) electrons. The van der Waals surface area contributed by atoms with Gasteiger partial charge in [0.15, 0.2) is 11.6 Å². The molecular weight excluding hydrogens is 389 g/mol. The molecule has 0 bridgehead atoms. The summed E-state index contributed by atoms with van der Waals surface area (Å²) >= 11 is 10.8. The summed E-state index contributed by atoms with van der Waals surface area (Å²) < 4.78 is 25.5. The van der Waals surface area contributed by atoms with Crippen molar-refractivity contribution in [2.75, 3.05) is 12.4 Å². The molecule has 0 amide bonds. The lowest BCUT2D eigenvalue weighted by Crippen LogP contribution is -2.00. The summed E-state index contributed by atoms with van der Waals surface area (Å²) in [6, 6.07) is 7.65. The van der Waals surface area contributed by atoms with E-state index in [4.69, 9.17) is 39.0 Å². The second-order valence-electron chi connectivity index (χ2n) is 5.53. The molecule has 0 spiro atoms. The third kappa shape index (κ3) is 3.79. The Bertz CT molecular complexity index is 1060. The maximum atomic E-state index is 14.4. The lowest BCUT2D eigenvalue weighted by atomic mass is 10.1. The zero-order chi connectivity index (χ0) is 19.6. The van der Waals surface area contributed by atoms with Gasteiger partial charge in [-0.3, -0.25) is 4.98 Å². The lowest BCUT2D eigenvalue weighted by molar-refractivity contribution is 0.414. The number of pyridine rings is 1. The Morgan fingerprint density at radius 3 is 2.74 bits per heavy atom. The number of hydrogen-bond acceptors (Lipinski definition) is 5. The molecule has 3 aromatic rings. The number of nitrogens with one attached hydrogen (secondary N) is 1. The van der Waals surface area contributed by atoms with Crippen LogP contribution in [0.25, 0.3) is 16.6 Å². The number of anilines is 1. The summed E-state index contributed by atoms with van der Waals surface area (Å²) in [6.07, 6.45) is 1.55. The number of halogens is 2. The van der Waals surface area contributed by atoms with Crippen LogP contribution in [0.15, 0.2) is 43.1 Å². The maximum Gasteiger partial charge on any atom is 0.167 e. The molecule has 3 N–H and O–H groups in total. The van der Waals surface area contributed by atoms with Crippen molar-refractivity contribution in [2.24, 2.45) is 5.73 Å². The van der Waals surface area contributed by atoms with Gasteiger partial charge in [0, 0.05) is 41.0 Å². The molecule has 0 saturated carbocycles. The highest BCUT2D eigenvalue weighted by molar-refractivity contribution is 7.79. The first-order valence-corrected chi connectivity index (χ1v) is 8.58. The zero-order valence-corrected chi connectivity index (χ0v) is 15.8. The van der Waals surface area contributed by atoms with Crippen LogP contribution in [-0.2, 0) is 0 Å². The SMILES string of the molecule is C=C(N)c1cc2c(Oc3cc(Cl)c(NC=S)cc3F)ccnc2cc1OC. The van der Waals surface area contributed by atoms with Crippen LogP contribution >= 0.6 is 23.8 Å². The van der Waals surface area contributed by atoms with Crippen LogP contribution in [0.1, 0.15) is 5.56 Å². The largest absolute Gasteiger partial charge is 0.496 e. The Morgan fingerprint density at radius 1 is 1.30 bits per heavy atom. The molecule has 0 aliphatic rings. The van der Waals surface area contributed by atoms with Crippen LogP contribution in [0.2, 0.25) is 5.02 Å². The van der Waals surface area contributed by atoms with Crippen molar-refractivity contribution in [2.45, 2.75) is 0 Å². The first kappa shape index (κ1) is 18.9. The fraction of sp³-hybridized carbons (Fsp3) is 0.0526. The summed E-state index contributed by atoms with van der Waals surface area (Å²) in [5, 5.41) is 3.57. The molecule has 5 nitrogen and oxygen atoms in total. The van der Waals surface area contributed by atoms with Crippen LogP contribution in [-0.4, -0.2) is 17.6 Å². The molecular formula is C19H15ClFN3O2S. The van der Waals surface area contributed by atoms with E-state index in [2.05, 4.69) is 16.9 Å². The smallest absolute Gasteiger partial charge is 0.167 e. The molecule has 2 aromatic carbocycles. The molecule has 0 atom stereocenters. The van der Waals surface area contributed by atoms with Crippen LogP contribution in [0.3, 0.4) is 0 Å². The van der Waals surface area contributed by atoms with Crippen LogP contribution in [0, 0.1) is 5.82 Å². The van der Waals surface area contributed by atoms with E-state index in [-0.39, 0.29) is 10.8 Å². The second kappa shape index (κ2) is 7.77. The molecule has 8 heteroatoms. The van der Waals surface area contributed by atoms with Gasteiger partial charge in [0.05, 0.1) is 28.8 Å². The van der Waals surface area contributed by atoms with Crippen molar-refractivity contribution in [3.05, 3.63) is 59.5 Å². The molecule has 1 aromatic heterocycles. The van der Waals surface area contributed by atoms with Crippen molar-refractivity contribution in [3.8, 4) is 17.2 Å². The quantitative estimate of drug-likeness (QED) is 0.556. The molecule has 0 unspecified atom stereocenters. The van der Waals surface area contributed by atoms with E-state index in [9.17, 15) is 4.39 Å². The van der Waals surface area contributed by atoms with Gasteiger partial charge in [-0.15, -0.1) is 0 Å². The number of nitrogens with zero attached hydrogens (tertiary/aromatic N) is 1. The Hall–Kier alpha value is -2.90. The predicted molar refractivity (Wildman–Crippen MR) is 110 cm³/mol. The third-order valence-corrected chi connectivity index (χ3v) is 4.26. The normalized spacial score (nSPS) is 10.5. The topological polar surface area (TPSA) is 69.4 Å². The van der Waals surface area contributed by atoms with E-state index in [0.29, 0.717) is 39.3 Å². The van der Waals surface area contributed by atoms with Gasteiger partial charge in [0.25, 0.3) is 0 Å². The summed E-state index contributed by atoms with van der Waals surface area (Å²) in [5.41, 5.74) is 8.96. The van der Waals surface area contributed by atoms with Gasteiger partial charge in [0.2, 0.25) is 0 Å². The zero-order valence-electron chi connectivity index (χ0n) is 14.3. The van der Waals surface area contributed by atoms with Gasteiger partial charge in [0.1, 0.15) is 11.5 Å². The molecule has 0 fully saturated rings. The number of methoxy groups -OCH3 is 1. The van der Waals surface area contributed by atoms with Gasteiger partial charge in [-0.25, -0.2) is 4.39 Å². The Balaban J connectivity index is 2.10. The average molecular weight is 404 g/mol. The van der Waals surface area contributed by atoms with Crippen molar-refractivity contribution < 1.29 is 13.9 Å². The number of rotatable bonds is 6. The highest BCUT2D eigenvalue weighted by atomic mass is 35.5. The van der Waals surface area contributed by atoms with Gasteiger partial charge in [-0.1, -0.05) is 30.4 Å². The van der Waals surface area contributed by atoms with Gasteiger partial charge < -0.3 is 20.5 Å². The minimum atomic E-state index is -0.597. The molecule has 3 rings (SSSR count). The van der Waals surface area contributed by atoms with E-state index in [1.165, 1.54) is 24.7 Å². The highest BCUT2D eigenvalue weighted by Gasteiger charge is 2.15. The summed E-state index contributed by atoms with van der Waals surface area (Å²) in [6.45, 7) is 3.75. The number of aromatic nitrogens is 1. The number of nitrogens with two attached hydrogens (primary N) is 1. The molecule has 0 aliphatic heterocycles. The summed E-state index contributed by atoms with van der Waals surface area (Å²) in [4.78, 5) is 4.29. The Morgan fingerprint density at radius 2 is 2.07 bits per heavy atom. The molecule has 138 valence electrons. The maximum absolute atomic E-state index is 14.4. The highest BCUT2D eigenvalue weighted by Crippen LogP contribution is 2.37. The first-order chi connectivity index (χ1) is 12.9. The number of fused-ring (bicyclic) bond motifs is 1. The number of hydrogen-bond donors (Lipinski definition) is 2. The standard InChI is InChI=1S/C19H15ClFN3O2S/c1-10(22)11-5-12-15(8-18(11)25-2)23-4-3-17(12)26-19-6-13(20)16(24-9-27)7-14(19)21/h3-9H,1,22H2,2H3,(H,24,27). The third-order valence-electron chi connectivity index (χ3n) is 3.82. The van der Waals surface area contributed by atoms with E-state index >= 15 is 0 Å². The van der Waals surface area contributed by atoms with Gasteiger partial charge >= 0.3 is 0 Å². The molecule has 1 heterocycles. The van der Waals surface area contributed by atoms with E-state index in [1.807, 2.05) is 0 Å². The van der Waals surface area contributed by atoms with Gasteiger partial charge in [-0.05, 0) is 12.1 Å². The van der Waals surface area contributed by atoms with E-state index in [1.54, 1.807) is 24.4 Å². The molecule has 0 aliphatic carbocycles. The first-order valence-electron chi connectivity index (χ1n) is 7.73. The number of benzene rings is 2. The second-order valence-corrected chi connectivity index (χ2v) is 6.17. The number of ether oxygens (including phenoxy) is 2. The Kier molecular flexibility index (Phi) is 5.43. The van der Waals surface area contributed by atoms with Crippen molar-refractivity contribution in [3.63, 3.8) is 0 Å². The fourth-order valence-corrected chi connectivity index (χ4v) is 2.89. The van der Waals surface area contributed by atoms with Crippen LogP contribution < -0.4 is 20.5 Å². The van der Waals surface area contributed by atoms with E-state index < -0.39 is 5.82 Å². The monoisotopic (exact) mass is 403 g/mol. The van der Waals surface area contributed by atoms with Crippen molar-refractivity contribution in [1.29, 1.82) is 0 Å². The fourth-order valence-electron chi connectivity index (χ4n) is 2.56. The minimum absolute atomic E-state index is 0.0358. The average Bonchev–Trinajstić information content (AvgIpc) is 2.65. The minimum Gasteiger partial charge on any atom is -0.496 e. The molecule has 27 heavy (non-hydrogen) atoms. The van der Waals surface area contributed by atoms with Crippen molar-refractivity contribution >= 4 is 51.6 Å². The van der Waals surface area contributed by atoms with Crippen LogP contribution in [0.4, 0.5) is 10.1 Å². The van der Waals surface area contributed by atoms with Crippen molar-refractivity contribution in [1.82, 2.24) is 4.98 Å². The summed E-state index contributed by atoms with van der Waals surface area (Å²) in [5.74, 6) is 0.284. The van der Waals surface area contributed by atoms with Gasteiger partial charge in [-0.2, -0.15) is 0 Å². The lowest BCUT2D eigenvalue weighted by Gasteiger charge is -2.14. The Labute approximate surface area is 165 Å². The number of thiocarbonyl (C=S) groups is 1. The van der Waals surface area contributed by atoms with E-state index in [0.717, 1.165) is 0 Å².